The molecule has 2 aromatic heterocycles. The van der Waals surface area contributed by atoms with Crippen molar-refractivity contribution in [2.45, 2.75) is 118 Å². The molecule has 0 aliphatic carbocycles. The highest BCUT2D eigenvalue weighted by Gasteiger charge is 2.00. The van der Waals surface area contributed by atoms with Gasteiger partial charge in [-0.25, -0.2) is 0 Å². The first-order valence-corrected chi connectivity index (χ1v) is 20.4. The van der Waals surface area contributed by atoms with Gasteiger partial charge >= 0.3 is 0 Å². The van der Waals surface area contributed by atoms with Crippen molar-refractivity contribution in [2.75, 3.05) is 19.6 Å². The lowest BCUT2D eigenvalue weighted by molar-refractivity contribution is 0.282. The van der Waals surface area contributed by atoms with Crippen LogP contribution in [0.15, 0.2) is 82.8 Å². The van der Waals surface area contributed by atoms with E-state index in [0.717, 1.165) is 48.5 Å². The van der Waals surface area contributed by atoms with E-state index in [1.54, 1.807) is 12.1 Å². The summed E-state index contributed by atoms with van der Waals surface area (Å²) in [6, 6.07) is 23.3. The Bertz CT molecular complexity index is 1440. The Morgan fingerprint density at radius 1 is 0.654 bits per heavy atom. The van der Waals surface area contributed by atoms with Gasteiger partial charge in [-0.2, -0.15) is 0 Å². The molecule has 0 fully saturated rings. The second kappa shape index (κ2) is 33.9. The fourth-order valence-corrected chi connectivity index (χ4v) is 6.75. The predicted octanol–water partition coefficient (Wildman–Crippen LogP) is 13.4. The summed E-state index contributed by atoms with van der Waals surface area (Å²) in [6.45, 7) is 4.88. The molecule has 3 N–H and O–H groups in total. The molecule has 5 nitrogen and oxygen atoms in total. The summed E-state index contributed by atoms with van der Waals surface area (Å²) in [6.07, 6.45) is 20.9. The third kappa shape index (κ3) is 24.4. The molecule has 0 amide bonds. The Hall–Kier alpha value is -2.88. The Kier molecular flexibility index (Phi) is 30.8. The normalized spacial score (nSPS) is 10.8. The highest BCUT2D eigenvalue weighted by atomic mass is 35.5. The first-order chi connectivity index (χ1) is 25.4. The molecule has 0 atom stereocenters. The number of phenols is 1. The lowest BCUT2D eigenvalue weighted by Crippen LogP contribution is -1.82. The average Bonchev–Trinajstić information content (AvgIpc) is 3.83. The lowest BCUT2D eigenvalue weighted by atomic mass is 10.1. The number of hydrogen-bond donors (Lipinski definition) is 3. The van der Waals surface area contributed by atoms with Crippen LogP contribution in [0.5, 0.6) is 5.75 Å². The van der Waals surface area contributed by atoms with Gasteiger partial charge in [0.2, 0.25) is 0 Å². The SMILES string of the molecule is C.CCCCCCc1ccc(C=Nc2ccc(CO)cc2)s1.CCCCCCc1ccc(C=Nc2ccc(O)cc2)s1.OCCCCCCCl.[2H]CF. The van der Waals surface area contributed by atoms with E-state index in [0.29, 0.717) is 6.61 Å². The number of rotatable bonds is 20. The highest BCUT2D eigenvalue weighted by Crippen LogP contribution is 2.21. The molecule has 0 spiro atoms. The van der Waals surface area contributed by atoms with Crippen LogP contribution in [0.25, 0.3) is 0 Å². The number of hydrogen-bond acceptors (Lipinski definition) is 7. The summed E-state index contributed by atoms with van der Waals surface area (Å²) in [4.78, 5) is 14.2. The molecular weight excluding hydrogens is 711 g/mol. The first kappa shape index (κ1) is 47.1. The summed E-state index contributed by atoms with van der Waals surface area (Å²) < 4.78 is 15.5. The molecule has 2 aromatic carbocycles. The van der Waals surface area contributed by atoms with E-state index in [4.69, 9.17) is 23.2 Å². The number of unbranched alkanes of at least 4 members (excludes halogenated alkanes) is 9. The molecule has 0 aliphatic rings. The molecule has 9 heteroatoms. The van der Waals surface area contributed by atoms with E-state index in [1.165, 1.54) is 83.7 Å². The van der Waals surface area contributed by atoms with Gasteiger partial charge in [0.05, 0.1) is 26.5 Å². The number of phenolic OH excluding ortho intramolecular Hbond substituents is 1. The minimum atomic E-state index is -1.00. The largest absolute Gasteiger partial charge is 0.508 e. The zero-order chi connectivity index (χ0) is 38.1. The Balaban J connectivity index is 0.000000790. The summed E-state index contributed by atoms with van der Waals surface area (Å²) in [5, 5.41) is 26.6. The van der Waals surface area contributed by atoms with Crippen molar-refractivity contribution in [3.63, 3.8) is 0 Å². The maximum Gasteiger partial charge on any atom is 0.115 e. The van der Waals surface area contributed by atoms with E-state index in [2.05, 4.69) is 48.1 Å². The van der Waals surface area contributed by atoms with E-state index in [-0.39, 0.29) is 19.8 Å². The van der Waals surface area contributed by atoms with Crippen LogP contribution in [0, 0.1) is 0 Å². The van der Waals surface area contributed by atoms with Crippen LogP contribution in [-0.4, -0.2) is 47.4 Å². The predicted molar refractivity (Wildman–Crippen MR) is 229 cm³/mol. The summed E-state index contributed by atoms with van der Waals surface area (Å²) in [7, 11) is -1.00. The number of thiophene rings is 2. The minimum absolute atomic E-state index is 0. The second-order valence-corrected chi connectivity index (χ2v) is 14.7. The van der Waals surface area contributed by atoms with Crippen LogP contribution in [-0.2, 0) is 19.4 Å². The van der Waals surface area contributed by atoms with E-state index in [9.17, 15) is 9.50 Å². The van der Waals surface area contributed by atoms with Crippen LogP contribution in [0.1, 0.15) is 125 Å². The topological polar surface area (TPSA) is 85.4 Å². The molecule has 4 aromatic rings. The number of alkyl halides is 2. The number of benzene rings is 2. The summed E-state index contributed by atoms with van der Waals surface area (Å²) >= 11 is 9.06. The Labute approximate surface area is 328 Å². The van der Waals surface area contributed by atoms with Gasteiger partial charge in [-0.05, 0) is 105 Å². The van der Waals surface area contributed by atoms with Gasteiger partial charge in [0.25, 0.3) is 0 Å². The molecule has 0 saturated heterocycles. The third-order valence-electron chi connectivity index (χ3n) is 7.61. The monoisotopic (exact) mass is 775 g/mol. The summed E-state index contributed by atoms with van der Waals surface area (Å²) in [5.74, 6) is 1.03. The fraction of sp³-hybridized carbons (Fsp3) is 0.488. The second-order valence-electron chi connectivity index (χ2n) is 11.9. The molecule has 0 aliphatic heterocycles. The molecule has 52 heavy (non-hydrogen) atoms. The van der Waals surface area contributed by atoms with Gasteiger partial charge in [0.1, 0.15) is 5.75 Å². The first-order valence-electron chi connectivity index (χ1n) is 18.9. The molecule has 0 bridgehead atoms. The smallest absolute Gasteiger partial charge is 0.115 e. The third-order valence-corrected chi connectivity index (χ3v) is 10.0. The van der Waals surface area contributed by atoms with Gasteiger partial charge in [-0.1, -0.05) is 84.8 Å². The van der Waals surface area contributed by atoms with Crippen molar-refractivity contribution in [3.8, 4) is 5.75 Å². The van der Waals surface area contributed by atoms with Gasteiger partial charge in [-0.3, -0.25) is 14.4 Å². The van der Waals surface area contributed by atoms with E-state index >= 15 is 0 Å². The van der Waals surface area contributed by atoms with Gasteiger partial charge in [-0.15, -0.1) is 34.3 Å². The van der Waals surface area contributed by atoms with Crippen LogP contribution in [0.2, 0.25) is 0 Å². The molecule has 4 rings (SSSR count). The molecule has 290 valence electrons. The Morgan fingerprint density at radius 3 is 1.52 bits per heavy atom. The number of aliphatic hydroxyl groups excluding tert-OH is 2. The van der Waals surface area contributed by atoms with Crippen LogP contribution < -0.4 is 0 Å². The zero-order valence-corrected chi connectivity index (χ0v) is 33.0. The van der Waals surface area contributed by atoms with Crippen molar-refractivity contribution in [1.29, 1.82) is 0 Å². The number of aromatic hydroxyl groups is 1. The van der Waals surface area contributed by atoms with Gasteiger partial charge in [0, 0.05) is 44.4 Å². The van der Waals surface area contributed by atoms with Gasteiger partial charge < -0.3 is 15.3 Å². The van der Waals surface area contributed by atoms with Crippen LogP contribution in [0.4, 0.5) is 15.8 Å². The number of nitrogens with zero attached hydrogens (tertiary/aromatic N) is 2. The standard InChI is InChI=1S/C18H23NOS.C17H21NOS.C6H13ClO.CH3F.CH4/c1-2-3-4-5-6-17-11-12-18(21-17)13-19-16-9-7-15(14-20)8-10-16;1-2-3-4-5-6-16-11-12-17(20-16)13-18-14-7-9-15(19)10-8-14;7-5-3-1-2-4-6-8;1-2;/h7-13,20H,2-6,14H2,1H3;7-13,19H,2-6H2,1H3;8H,1-6H2;1H3;1H4/i;;;1D;. The van der Waals surface area contributed by atoms with E-state index < -0.39 is 7.15 Å². The number of aryl methyl sites for hydroxylation is 2. The maximum absolute atomic E-state index is 9.96. The van der Waals surface area contributed by atoms with Crippen molar-refractivity contribution < 1.29 is 21.1 Å². The zero-order valence-electron chi connectivity index (χ0n) is 31.6. The summed E-state index contributed by atoms with van der Waals surface area (Å²) in [5.41, 5.74) is 2.70. The fourth-order valence-electron chi connectivity index (χ4n) is 4.71. The maximum atomic E-state index is 9.96. The van der Waals surface area contributed by atoms with Gasteiger partial charge in [0.15, 0.2) is 0 Å². The molecular formula is C43H64ClFN2O3S2. The van der Waals surface area contributed by atoms with Crippen molar-refractivity contribution in [1.82, 2.24) is 0 Å². The van der Waals surface area contributed by atoms with Crippen LogP contribution >= 0.6 is 34.3 Å². The van der Waals surface area contributed by atoms with Crippen molar-refractivity contribution in [3.05, 3.63) is 97.9 Å². The average molecular weight is 777 g/mol. The van der Waals surface area contributed by atoms with E-state index in [1.807, 2.05) is 71.5 Å². The number of halogens is 2. The minimum Gasteiger partial charge on any atom is -0.508 e. The van der Waals surface area contributed by atoms with Crippen LogP contribution in [0.3, 0.4) is 0 Å². The van der Waals surface area contributed by atoms with Crippen molar-refractivity contribution in [2.24, 2.45) is 9.98 Å². The number of aliphatic imine (C=N–C) groups is 2. The lowest BCUT2D eigenvalue weighted by Gasteiger charge is -1.97. The number of aliphatic hydroxyl groups is 2. The highest BCUT2D eigenvalue weighted by molar-refractivity contribution is 7.14. The molecule has 0 saturated carbocycles. The quantitative estimate of drug-likeness (QED) is 0.0475. The van der Waals surface area contributed by atoms with Crippen molar-refractivity contribution >= 4 is 58.1 Å². The molecule has 0 unspecified atom stereocenters. The molecule has 0 radical (unpaired) electrons. The Morgan fingerprint density at radius 2 is 1.10 bits per heavy atom. The molecule has 2 heterocycles.